The molecule has 0 spiro atoms. The van der Waals surface area contributed by atoms with Crippen molar-refractivity contribution in [1.29, 1.82) is 0 Å². The van der Waals surface area contributed by atoms with Crippen molar-refractivity contribution in [3.8, 4) is 0 Å². The first-order chi connectivity index (χ1) is 8.99. The molecular formula is C12H16N6O. The molecule has 0 radical (unpaired) electrons. The van der Waals surface area contributed by atoms with Gasteiger partial charge in [-0.2, -0.15) is 0 Å². The Kier molecular flexibility index (Phi) is 2.53. The van der Waals surface area contributed by atoms with Crippen molar-refractivity contribution in [2.24, 2.45) is 7.05 Å². The fourth-order valence-corrected chi connectivity index (χ4v) is 2.43. The summed E-state index contributed by atoms with van der Waals surface area (Å²) in [5, 5.41) is 18.2. The number of anilines is 1. The third-order valence-corrected chi connectivity index (χ3v) is 3.45. The molecule has 1 fully saturated rings. The lowest BCUT2D eigenvalue weighted by Gasteiger charge is -2.46. The molecule has 100 valence electrons. The number of aliphatic hydroxyl groups is 1. The van der Waals surface area contributed by atoms with E-state index in [1.54, 1.807) is 24.1 Å². The van der Waals surface area contributed by atoms with Gasteiger partial charge in [-0.05, 0) is 13.8 Å². The third-order valence-electron chi connectivity index (χ3n) is 3.45. The molecule has 0 bridgehead atoms. The zero-order chi connectivity index (χ0) is 13.6. The molecule has 3 rings (SSSR count). The van der Waals surface area contributed by atoms with E-state index in [1.807, 2.05) is 18.7 Å². The van der Waals surface area contributed by atoms with Crippen LogP contribution in [-0.4, -0.2) is 43.2 Å². The summed E-state index contributed by atoms with van der Waals surface area (Å²) in [7, 11) is 1.78. The zero-order valence-corrected chi connectivity index (χ0v) is 11.2. The van der Waals surface area contributed by atoms with Gasteiger partial charge in [-0.3, -0.25) is 4.98 Å². The SMILES string of the molecule is Cc1cnc(C)c(N2CC(O)(c3cnnn3C)C2)n1. The van der Waals surface area contributed by atoms with Crippen LogP contribution in [0.15, 0.2) is 12.4 Å². The molecule has 0 atom stereocenters. The van der Waals surface area contributed by atoms with E-state index in [2.05, 4.69) is 20.3 Å². The predicted octanol–water partition coefficient (Wildman–Crippen LogP) is -0.0703. The molecule has 7 heteroatoms. The maximum absolute atomic E-state index is 10.6. The Balaban J connectivity index is 1.83. The molecule has 0 aromatic carbocycles. The van der Waals surface area contributed by atoms with Gasteiger partial charge in [0.15, 0.2) is 5.82 Å². The molecule has 0 unspecified atom stereocenters. The number of rotatable bonds is 2. The number of aryl methyl sites for hydroxylation is 3. The molecule has 1 aliphatic rings. The Morgan fingerprint density at radius 2 is 2.00 bits per heavy atom. The van der Waals surface area contributed by atoms with E-state index >= 15 is 0 Å². The lowest BCUT2D eigenvalue weighted by atomic mass is 9.90. The monoisotopic (exact) mass is 260 g/mol. The van der Waals surface area contributed by atoms with Gasteiger partial charge in [0, 0.05) is 13.2 Å². The summed E-state index contributed by atoms with van der Waals surface area (Å²) < 4.78 is 1.60. The Labute approximate surface area is 110 Å². The van der Waals surface area contributed by atoms with Crippen LogP contribution in [0.3, 0.4) is 0 Å². The van der Waals surface area contributed by atoms with Crippen LogP contribution in [-0.2, 0) is 12.6 Å². The highest BCUT2D eigenvalue weighted by Gasteiger charge is 2.46. The van der Waals surface area contributed by atoms with Crippen LogP contribution >= 0.6 is 0 Å². The molecule has 7 nitrogen and oxygen atoms in total. The van der Waals surface area contributed by atoms with Gasteiger partial charge in [-0.1, -0.05) is 5.21 Å². The zero-order valence-electron chi connectivity index (χ0n) is 11.2. The summed E-state index contributed by atoms with van der Waals surface area (Å²) in [6.45, 7) is 4.79. The standard InChI is InChI=1S/C12H16N6O/c1-8-4-13-9(2)11(15-8)18-6-12(19,7-18)10-5-14-16-17(10)3/h4-5,19H,6-7H2,1-3H3. The van der Waals surface area contributed by atoms with Crippen molar-refractivity contribution in [2.75, 3.05) is 18.0 Å². The second-order valence-electron chi connectivity index (χ2n) is 5.05. The fourth-order valence-electron chi connectivity index (χ4n) is 2.43. The van der Waals surface area contributed by atoms with E-state index in [1.165, 1.54) is 0 Å². The lowest BCUT2D eigenvalue weighted by molar-refractivity contribution is -0.000620. The van der Waals surface area contributed by atoms with Crippen LogP contribution in [0, 0.1) is 13.8 Å². The Hall–Kier alpha value is -2.02. The summed E-state index contributed by atoms with van der Waals surface area (Å²) in [4.78, 5) is 10.8. The summed E-state index contributed by atoms with van der Waals surface area (Å²) in [6, 6.07) is 0. The topological polar surface area (TPSA) is 80.0 Å². The molecule has 2 aromatic heterocycles. The predicted molar refractivity (Wildman–Crippen MR) is 68.6 cm³/mol. The van der Waals surface area contributed by atoms with Crippen molar-refractivity contribution >= 4 is 5.82 Å². The molecule has 0 amide bonds. The van der Waals surface area contributed by atoms with Crippen molar-refractivity contribution in [2.45, 2.75) is 19.4 Å². The van der Waals surface area contributed by atoms with Gasteiger partial charge < -0.3 is 10.0 Å². The molecule has 3 heterocycles. The van der Waals surface area contributed by atoms with Gasteiger partial charge in [0.25, 0.3) is 0 Å². The molecule has 0 aliphatic carbocycles. The van der Waals surface area contributed by atoms with E-state index in [9.17, 15) is 5.11 Å². The van der Waals surface area contributed by atoms with Crippen molar-refractivity contribution < 1.29 is 5.11 Å². The third kappa shape index (κ3) is 1.86. The minimum Gasteiger partial charge on any atom is -0.380 e. The number of hydrogen-bond donors (Lipinski definition) is 1. The van der Waals surface area contributed by atoms with E-state index in [-0.39, 0.29) is 0 Å². The normalized spacial score (nSPS) is 17.4. The summed E-state index contributed by atoms with van der Waals surface area (Å²) in [6.07, 6.45) is 3.35. The van der Waals surface area contributed by atoms with Crippen LogP contribution in [0.5, 0.6) is 0 Å². The Morgan fingerprint density at radius 3 is 2.63 bits per heavy atom. The van der Waals surface area contributed by atoms with Crippen molar-refractivity contribution in [1.82, 2.24) is 25.0 Å². The molecule has 1 N–H and O–H groups in total. The molecule has 0 saturated carbocycles. The van der Waals surface area contributed by atoms with Crippen LogP contribution in [0.1, 0.15) is 17.1 Å². The quantitative estimate of drug-likeness (QED) is 0.814. The maximum atomic E-state index is 10.6. The van der Waals surface area contributed by atoms with E-state index in [4.69, 9.17) is 0 Å². The Morgan fingerprint density at radius 1 is 1.26 bits per heavy atom. The van der Waals surface area contributed by atoms with Gasteiger partial charge >= 0.3 is 0 Å². The average molecular weight is 260 g/mol. The molecule has 2 aromatic rings. The first kappa shape index (κ1) is 12.0. The second kappa shape index (κ2) is 3.99. The second-order valence-corrected chi connectivity index (χ2v) is 5.05. The van der Waals surface area contributed by atoms with Crippen LogP contribution in [0.4, 0.5) is 5.82 Å². The Bertz CT molecular complexity index is 616. The largest absolute Gasteiger partial charge is 0.380 e. The van der Waals surface area contributed by atoms with Gasteiger partial charge in [-0.25, -0.2) is 9.67 Å². The first-order valence-corrected chi connectivity index (χ1v) is 6.12. The summed E-state index contributed by atoms with van der Waals surface area (Å²) in [5.74, 6) is 0.833. The van der Waals surface area contributed by atoms with E-state index < -0.39 is 5.60 Å². The first-order valence-electron chi connectivity index (χ1n) is 6.12. The lowest BCUT2D eigenvalue weighted by Crippen LogP contribution is -2.60. The van der Waals surface area contributed by atoms with Crippen LogP contribution in [0.2, 0.25) is 0 Å². The minimum atomic E-state index is -0.907. The molecular weight excluding hydrogens is 244 g/mol. The number of nitrogens with zero attached hydrogens (tertiary/aromatic N) is 6. The van der Waals surface area contributed by atoms with Gasteiger partial charge in [0.1, 0.15) is 5.60 Å². The van der Waals surface area contributed by atoms with Gasteiger partial charge in [0.2, 0.25) is 0 Å². The molecule has 1 aliphatic heterocycles. The summed E-state index contributed by atoms with van der Waals surface area (Å²) >= 11 is 0. The smallest absolute Gasteiger partial charge is 0.150 e. The van der Waals surface area contributed by atoms with Gasteiger partial charge in [-0.15, -0.1) is 5.10 Å². The van der Waals surface area contributed by atoms with Crippen LogP contribution < -0.4 is 4.90 Å². The van der Waals surface area contributed by atoms with Crippen molar-refractivity contribution in [3.05, 3.63) is 29.5 Å². The van der Waals surface area contributed by atoms with E-state index in [0.29, 0.717) is 13.1 Å². The minimum absolute atomic E-state index is 0.479. The van der Waals surface area contributed by atoms with Crippen molar-refractivity contribution in [3.63, 3.8) is 0 Å². The summed E-state index contributed by atoms with van der Waals surface area (Å²) in [5.41, 5.74) is 1.56. The van der Waals surface area contributed by atoms with Gasteiger partial charge in [0.05, 0.1) is 36.4 Å². The number of aromatic nitrogens is 5. The highest BCUT2D eigenvalue weighted by atomic mass is 16.3. The highest BCUT2D eigenvalue weighted by molar-refractivity contribution is 5.48. The average Bonchev–Trinajstić information content (AvgIpc) is 2.75. The van der Waals surface area contributed by atoms with Crippen LogP contribution in [0.25, 0.3) is 0 Å². The molecule has 1 saturated heterocycles. The number of hydrogen-bond acceptors (Lipinski definition) is 6. The fraction of sp³-hybridized carbons (Fsp3) is 0.500. The highest BCUT2D eigenvalue weighted by Crippen LogP contribution is 2.34. The van der Waals surface area contributed by atoms with E-state index in [0.717, 1.165) is 22.9 Å². The molecule has 19 heavy (non-hydrogen) atoms. The maximum Gasteiger partial charge on any atom is 0.150 e. The number of β-amino-alcohol motifs (C(OH)–C–C–N with tert-alkyl or cyclic N) is 1.